The molecule has 24 nitrogen and oxygen atoms in total. The summed E-state index contributed by atoms with van der Waals surface area (Å²) in [6, 6.07) is -1.96. The number of ether oxygens (including phenoxy) is 4. The average Bonchev–Trinajstić information content (AvgIpc) is 0.874. The number of carboxylic acid groups (broad SMARTS) is 2. The number of carbonyl (C=O) groups excluding carboxylic acids is 11. The van der Waals surface area contributed by atoms with E-state index < -0.39 is 62.8 Å². The van der Waals surface area contributed by atoms with Gasteiger partial charge in [-0.3, -0.25) is 57.5 Å². The average molecular weight is 1610 g/mol. The van der Waals surface area contributed by atoms with E-state index >= 15 is 0 Å². The number of hydrogen-bond acceptors (Lipinski definition) is 23. The van der Waals surface area contributed by atoms with Crippen LogP contribution >= 0.6 is 64.8 Å². The zero-order valence-electron chi connectivity index (χ0n) is 61.0. The van der Waals surface area contributed by atoms with E-state index in [4.69, 9.17) is 24.1 Å². The van der Waals surface area contributed by atoms with Crippen molar-refractivity contribution in [2.24, 2.45) is 29.6 Å². The van der Waals surface area contributed by atoms with Crippen molar-refractivity contribution in [1.29, 1.82) is 0 Å². The van der Waals surface area contributed by atoms with Gasteiger partial charge in [-0.15, -0.1) is 0 Å². The molecular formula is C69H132N5O19S7V-. The smallest absolute Gasteiger partial charge is 0.326 e. The summed E-state index contributed by atoms with van der Waals surface area (Å²) in [5, 5.41) is 27.7. The minimum atomic E-state index is -1.87. The first-order chi connectivity index (χ1) is 47.7. The van der Waals surface area contributed by atoms with Crippen LogP contribution in [0.15, 0.2) is 0 Å². The SMILES string of the molecule is CC(=O)[C@H](CSSC[C@H](C)C(C)=O)CC(=O)[C@@H](C)CSSC[C@H](C)C(=O)S(=[N-])[C@@H](CSSC[C@H](NC(=O)[C@@H](C)CCCCNC(=O)COCCOCCCC(=O)COCCOCCNC(=O)CC[C@H](NC(=O)CCCCCCCCCCCCCCCCC(=O)O)C(=O)O)C(C)=O)C(C)=O.[HH].[HH].[HH].[HH].[HH].[HH].[HH].[V]. The molecule has 0 heterocycles. The van der Waals surface area contributed by atoms with E-state index in [9.17, 15) is 72.2 Å². The van der Waals surface area contributed by atoms with Gasteiger partial charge in [0.1, 0.15) is 42.4 Å². The predicted octanol–water partition coefficient (Wildman–Crippen LogP) is 12.6. The number of rotatable bonds is 70. The molecular weight excluding hydrogens is 1480 g/mol. The quantitative estimate of drug-likeness (QED) is 0.0243. The molecule has 9 atom stereocenters. The van der Waals surface area contributed by atoms with Crippen LogP contribution in [0, 0.1) is 29.6 Å². The molecule has 595 valence electrons. The number of Topliss-reactive ketones (excluding diaryl/α,β-unsaturated/α-hetero) is 6. The molecule has 0 fully saturated rings. The van der Waals surface area contributed by atoms with Gasteiger partial charge < -0.3 is 55.2 Å². The Labute approximate surface area is 649 Å². The molecule has 0 spiro atoms. The number of carbonyl (C=O) groups is 13. The van der Waals surface area contributed by atoms with Gasteiger partial charge in [-0.25, -0.2) is 15.5 Å². The molecule has 6 N–H and O–H groups in total. The van der Waals surface area contributed by atoms with Crippen LogP contribution < -0.4 is 21.3 Å². The Morgan fingerprint density at radius 1 is 0.426 bits per heavy atom. The first-order valence-corrected chi connectivity index (χ1v) is 44.0. The van der Waals surface area contributed by atoms with Crippen LogP contribution in [0.5, 0.6) is 0 Å². The first-order valence-electron chi connectivity index (χ1n) is 35.3. The Bertz CT molecular complexity index is 2500. The Kier molecular flexibility index (Phi) is 65.0. The van der Waals surface area contributed by atoms with Crippen LogP contribution in [-0.4, -0.2) is 203 Å². The van der Waals surface area contributed by atoms with E-state index in [0.717, 1.165) is 51.4 Å². The topological polar surface area (TPSA) is 370 Å². The summed E-state index contributed by atoms with van der Waals surface area (Å²) >= 11 is 0. The monoisotopic (exact) mass is 1610 g/mol. The molecule has 0 aromatic rings. The summed E-state index contributed by atoms with van der Waals surface area (Å²) < 4.78 is 32.8. The van der Waals surface area contributed by atoms with Gasteiger partial charge in [0.15, 0.2) is 16.7 Å². The minimum Gasteiger partial charge on any atom is -0.773 e. The molecule has 0 aromatic heterocycles. The van der Waals surface area contributed by atoms with Crippen LogP contribution in [0.1, 0.15) is 219 Å². The number of unbranched alkanes of at least 4 members (excludes halogenated alkanes) is 14. The second-order valence-corrected chi connectivity index (χ2v) is 34.6. The zero-order valence-corrected chi connectivity index (χ0v) is 68.1. The molecule has 32 heteroatoms. The van der Waals surface area contributed by atoms with Gasteiger partial charge in [0.2, 0.25) is 23.6 Å². The number of nitrogens with zero attached hydrogens (tertiary/aromatic N) is 1. The van der Waals surface area contributed by atoms with Crippen molar-refractivity contribution >= 4 is 151 Å². The fourth-order valence-corrected chi connectivity index (χ4v) is 19.3. The Balaban J connectivity index is -0.00000175. The van der Waals surface area contributed by atoms with E-state index in [1.807, 2.05) is 13.8 Å². The molecule has 0 aliphatic rings. The molecule has 0 rings (SSSR count). The fraction of sp³-hybridized carbons (Fsp3) is 0.812. The predicted molar refractivity (Wildman–Crippen MR) is 421 cm³/mol. The summed E-state index contributed by atoms with van der Waals surface area (Å²) in [7, 11) is 6.47. The van der Waals surface area contributed by atoms with Crippen LogP contribution in [0.4, 0.5) is 0 Å². The number of carboxylic acids is 2. The van der Waals surface area contributed by atoms with Crippen LogP contribution in [-0.2, 0) is 111 Å². The summed E-state index contributed by atoms with van der Waals surface area (Å²) in [5.74, 6) is -3.44. The number of amides is 4. The normalized spacial score (nSPS) is 13.9. The van der Waals surface area contributed by atoms with Crippen molar-refractivity contribution in [3.05, 3.63) is 4.78 Å². The van der Waals surface area contributed by atoms with Gasteiger partial charge in [0.25, 0.3) is 0 Å². The molecule has 0 saturated heterocycles. The third-order valence-corrected chi connectivity index (χ3v) is 26.0. The zero-order chi connectivity index (χ0) is 74.9. The second-order valence-electron chi connectivity index (χ2n) is 25.3. The fourth-order valence-electron chi connectivity index (χ4n) is 9.16. The largest absolute Gasteiger partial charge is 0.773 e. The van der Waals surface area contributed by atoms with E-state index in [1.165, 1.54) is 118 Å². The van der Waals surface area contributed by atoms with E-state index in [0.29, 0.717) is 68.3 Å². The van der Waals surface area contributed by atoms with E-state index in [1.54, 1.807) is 20.8 Å². The van der Waals surface area contributed by atoms with Gasteiger partial charge >= 0.3 is 11.9 Å². The number of aliphatic carboxylic acids is 2. The minimum absolute atomic E-state index is 0. The molecule has 1 unspecified atom stereocenters. The third kappa shape index (κ3) is 57.1. The number of nitrogens with one attached hydrogen (secondary N) is 4. The second kappa shape index (κ2) is 65.5. The van der Waals surface area contributed by atoms with Crippen molar-refractivity contribution in [1.82, 2.24) is 21.3 Å². The summed E-state index contributed by atoms with van der Waals surface area (Å²) in [6.45, 7) is 14.4. The number of hydrogen-bond donors (Lipinski definition) is 6. The van der Waals surface area contributed by atoms with Crippen LogP contribution in [0.25, 0.3) is 4.78 Å². The van der Waals surface area contributed by atoms with Crippen LogP contribution in [0.3, 0.4) is 0 Å². The van der Waals surface area contributed by atoms with E-state index in [2.05, 4.69) is 21.3 Å². The maximum absolute atomic E-state index is 13.3. The molecule has 1 radical (unpaired) electrons. The Hall–Kier alpha value is -2.82. The molecule has 0 aliphatic carbocycles. The Morgan fingerprint density at radius 3 is 1.49 bits per heavy atom. The summed E-state index contributed by atoms with van der Waals surface area (Å²) in [5.41, 5.74) is 0. The first kappa shape index (κ1) is 100. The number of ketones is 6. The molecule has 4 amide bonds. The van der Waals surface area contributed by atoms with Gasteiger partial charge in [-0.1, -0.05) is 176 Å². The summed E-state index contributed by atoms with van der Waals surface area (Å²) in [4.78, 5) is 160. The van der Waals surface area contributed by atoms with Crippen molar-refractivity contribution in [2.75, 3.05) is 100 Å². The van der Waals surface area contributed by atoms with Gasteiger partial charge in [0.05, 0.1) is 44.3 Å². The van der Waals surface area contributed by atoms with E-state index in [-0.39, 0.29) is 202 Å². The van der Waals surface area contributed by atoms with Crippen LogP contribution in [0.2, 0.25) is 0 Å². The van der Waals surface area contributed by atoms with Crippen molar-refractivity contribution in [3.63, 3.8) is 0 Å². The van der Waals surface area contributed by atoms with Gasteiger partial charge in [-0.2, -0.15) is 0 Å². The maximum Gasteiger partial charge on any atom is 0.326 e. The standard InChI is InChI=1S/C69H118N5O19S7.V.7H2/c1-49(67(86)74-60(55(7)77)47-98-99-48-62(56(8)78)100(70)69(89)52(4)45-96-95-44-51(3)61(80)40-57(54(6)76)46-97-94-43-50(2)53(5)75)26-23-24-32-71-65(83)42-93-39-36-90-34-25-27-58(79)41-92-38-37-91-35-33-72-63(81)31-30-59(68(87)88)73-64(82)28-21-19-17-15-13-11-9-10-12-14-16-18-20-22-29-66(84)85;;;;;;;;/h49-52,57,59-60,62H,9-48H2,1-8H3,(H,71,83)(H,72,81)(H,73,82)(H,74,86)(H,84,85)(H,87,88);;7*1H/q-1;;;;;;;;/t49-,50-,51-,52-,57-,59-,60-,62-,100?;;;;;;;;/m0......../s1. The van der Waals surface area contributed by atoms with Gasteiger partial charge in [0, 0.05) is 144 Å². The maximum atomic E-state index is 13.3. The van der Waals surface area contributed by atoms with Crippen molar-refractivity contribution in [3.8, 4) is 0 Å². The summed E-state index contributed by atoms with van der Waals surface area (Å²) in [6.07, 6.45) is 17.8. The van der Waals surface area contributed by atoms with Crippen molar-refractivity contribution in [2.45, 2.75) is 227 Å². The third-order valence-electron chi connectivity index (χ3n) is 16.1. The molecule has 0 aromatic carbocycles. The molecule has 0 aliphatic heterocycles. The molecule has 101 heavy (non-hydrogen) atoms. The Morgan fingerprint density at radius 2 is 0.931 bits per heavy atom. The van der Waals surface area contributed by atoms with Crippen molar-refractivity contribution < 1.29 is 120 Å². The van der Waals surface area contributed by atoms with Gasteiger partial charge in [-0.05, 0) is 66.2 Å². The molecule has 0 bridgehead atoms. The molecule has 0 saturated carbocycles.